The molecule has 2 aromatic carbocycles. The molecule has 1 heterocycles. The molecule has 1 aliphatic carbocycles. The number of benzene rings is 2. The largest absolute Gasteiger partial charge is 0.289 e. The van der Waals surface area contributed by atoms with Gasteiger partial charge in [0.15, 0.2) is 5.78 Å². The van der Waals surface area contributed by atoms with E-state index in [4.69, 9.17) is 0 Å². The third kappa shape index (κ3) is 2.19. The smallest absolute Gasteiger partial charge is 0.258 e. The fourth-order valence-corrected chi connectivity index (χ4v) is 2.92. The van der Waals surface area contributed by atoms with Gasteiger partial charge < -0.3 is 0 Å². The Kier molecular flexibility index (Phi) is 2.98. The molecule has 4 heteroatoms. The van der Waals surface area contributed by atoms with Gasteiger partial charge in [0.2, 0.25) is 0 Å². The van der Waals surface area contributed by atoms with Crippen molar-refractivity contribution in [3.8, 4) is 0 Å². The molecule has 4 rings (SSSR count). The number of hydrogen-bond acceptors (Lipinski definition) is 3. The van der Waals surface area contributed by atoms with Gasteiger partial charge in [-0.15, -0.1) is 0 Å². The zero-order valence-corrected chi connectivity index (χ0v) is 12.3. The average Bonchev–Trinajstić information content (AvgIpc) is 2.87. The lowest BCUT2D eigenvalue weighted by molar-refractivity contribution is -0.119. The van der Waals surface area contributed by atoms with Crippen LogP contribution in [0, 0.1) is 0 Å². The molecule has 1 aliphatic heterocycles. The third-order valence-electron chi connectivity index (χ3n) is 4.33. The first-order valence-electron chi connectivity index (χ1n) is 7.46. The maximum absolute atomic E-state index is 12.5. The van der Waals surface area contributed by atoms with Crippen LogP contribution in [0.3, 0.4) is 0 Å². The number of rotatable bonds is 3. The lowest BCUT2D eigenvalue weighted by atomic mass is 9.86. The molecule has 0 atom stereocenters. The van der Waals surface area contributed by atoms with E-state index in [0.29, 0.717) is 16.8 Å². The molecule has 112 valence electrons. The van der Waals surface area contributed by atoms with E-state index in [1.807, 2.05) is 18.2 Å². The minimum absolute atomic E-state index is 0.0524. The number of nitrogens with zero attached hydrogens (tertiary/aromatic N) is 1. The van der Waals surface area contributed by atoms with Crippen LogP contribution in [0.5, 0.6) is 0 Å². The van der Waals surface area contributed by atoms with Gasteiger partial charge in [-0.25, -0.2) is 4.90 Å². The van der Waals surface area contributed by atoms with E-state index in [9.17, 15) is 14.4 Å². The van der Waals surface area contributed by atoms with E-state index < -0.39 is 0 Å². The van der Waals surface area contributed by atoms with Crippen molar-refractivity contribution in [3.05, 3.63) is 76.9 Å². The van der Waals surface area contributed by atoms with E-state index in [-0.39, 0.29) is 17.6 Å². The van der Waals surface area contributed by atoms with Crippen LogP contribution in [-0.2, 0) is 22.4 Å². The Bertz CT molecular complexity index is 860. The van der Waals surface area contributed by atoms with Gasteiger partial charge in [0, 0.05) is 23.3 Å². The highest BCUT2D eigenvalue weighted by Gasteiger charge is 2.25. The molecule has 0 aromatic heterocycles. The Balaban J connectivity index is 1.60. The van der Waals surface area contributed by atoms with Crippen molar-refractivity contribution in [2.24, 2.45) is 0 Å². The van der Waals surface area contributed by atoms with Gasteiger partial charge >= 0.3 is 0 Å². The number of aryl methyl sites for hydroxylation is 2. The Hall–Kier alpha value is -3.01. The molecule has 23 heavy (non-hydrogen) atoms. The molecule has 0 N–H and O–H groups in total. The zero-order chi connectivity index (χ0) is 16.0. The zero-order valence-electron chi connectivity index (χ0n) is 12.3. The lowest BCUT2D eigenvalue weighted by Gasteiger charge is -2.19. The maximum atomic E-state index is 12.5. The molecular weight excluding hydrogens is 290 g/mol. The summed E-state index contributed by atoms with van der Waals surface area (Å²) >= 11 is 0. The minimum Gasteiger partial charge on any atom is -0.289 e. The predicted molar refractivity (Wildman–Crippen MR) is 85.4 cm³/mol. The van der Waals surface area contributed by atoms with Gasteiger partial charge in [-0.2, -0.15) is 0 Å². The number of amides is 2. The fraction of sp³-hybridized carbons (Fsp3) is 0.105. The molecule has 0 saturated carbocycles. The van der Waals surface area contributed by atoms with Crippen LogP contribution in [0.15, 0.2) is 54.6 Å². The van der Waals surface area contributed by atoms with Crippen molar-refractivity contribution in [1.29, 1.82) is 0 Å². The van der Waals surface area contributed by atoms with E-state index in [1.165, 1.54) is 23.3 Å². The van der Waals surface area contributed by atoms with Crippen LogP contribution in [0.25, 0.3) is 0 Å². The van der Waals surface area contributed by atoms with Crippen LogP contribution in [-0.4, -0.2) is 17.6 Å². The molecule has 2 aliphatic rings. The molecule has 0 bridgehead atoms. The summed E-state index contributed by atoms with van der Waals surface area (Å²) in [5.41, 5.74) is 4.24. The monoisotopic (exact) mass is 303 g/mol. The number of hydrogen-bond donors (Lipinski definition) is 0. The summed E-state index contributed by atoms with van der Waals surface area (Å²) in [6.45, 7) is 0. The second-order valence-corrected chi connectivity index (χ2v) is 5.70. The summed E-state index contributed by atoms with van der Waals surface area (Å²) in [5.74, 6) is -0.781. The average molecular weight is 303 g/mol. The molecule has 0 fully saturated rings. The van der Waals surface area contributed by atoms with Crippen LogP contribution in [0.1, 0.15) is 27.0 Å². The number of carbonyl (C=O) groups excluding carboxylic acids is 3. The summed E-state index contributed by atoms with van der Waals surface area (Å²) in [7, 11) is 0. The summed E-state index contributed by atoms with van der Waals surface area (Å²) in [4.78, 5) is 36.9. The van der Waals surface area contributed by atoms with Crippen molar-refractivity contribution in [2.45, 2.75) is 12.8 Å². The van der Waals surface area contributed by atoms with Gasteiger partial charge in [-0.1, -0.05) is 12.1 Å². The number of imide groups is 1. The van der Waals surface area contributed by atoms with Gasteiger partial charge in [0.1, 0.15) is 0 Å². The highest BCUT2D eigenvalue weighted by molar-refractivity contribution is 6.28. The molecular formula is C19H13NO3. The Labute approximate surface area is 133 Å². The molecule has 4 nitrogen and oxygen atoms in total. The Morgan fingerprint density at radius 2 is 1.39 bits per heavy atom. The molecule has 0 spiro atoms. The molecule has 0 saturated heterocycles. The van der Waals surface area contributed by atoms with Gasteiger partial charge in [0.05, 0.1) is 5.69 Å². The third-order valence-corrected chi connectivity index (χ3v) is 4.33. The topological polar surface area (TPSA) is 54.5 Å². The number of anilines is 1. The Morgan fingerprint density at radius 3 is 1.96 bits per heavy atom. The van der Waals surface area contributed by atoms with Crippen molar-refractivity contribution in [2.75, 3.05) is 4.90 Å². The Morgan fingerprint density at radius 1 is 0.783 bits per heavy atom. The van der Waals surface area contributed by atoms with Crippen molar-refractivity contribution < 1.29 is 14.4 Å². The highest BCUT2D eigenvalue weighted by atomic mass is 16.2. The number of carbonyl (C=O) groups is 3. The SMILES string of the molecule is O=C(c1ccc(N2C(=O)C=CC2=O)cc1)c1ccc2c(c1)CC2. The quantitative estimate of drug-likeness (QED) is 0.646. The summed E-state index contributed by atoms with van der Waals surface area (Å²) in [6, 6.07) is 12.4. The fourth-order valence-electron chi connectivity index (χ4n) is 2.92. The van der Waals surface area contributed by atoms with Crippen LogP contribution >= 0.6 is 0 Å². The first-order valence-corrected chi connectivity index (χ1v) is 7.46. The predicted octanol–water partition coefficient (Wildman–Crippen LogP) is 2.45. The molecule has 2 aromatic rings. The minimum atomic E-state index is -0.364. The second-order valence-electron chi connectivity index (χ2n) is 5.70. The van der Waals surface area contributed by atoms with Crippen LogP contribution < -0.4 is 4.90 Å². The first-order chi connectivity index (χ1) is 11.1. The van der Waals surface area contributed by atoms with Crippen molar-refractivity contribution in [3.63, 3.8) is 0 Å². The number of fused-ring (bicyclic) bond motifs is 1. The molecule has 0 unspecified atom stereocenters. The van der Waals surface area contributed by atoms with E-state index in [2.05, 4.69) is 0 Å². The second kappa shape index (κ2) is 5.02. The van der Waals surface area contributed by atoms with Crippen LogP contribution in [0.2, 0.25) is 0 Å². The number of ketones is 1. The summed E-state index contributed by atoms with van der Waals surface area (Å²) in [6.07, 6.45) is 4.60. The van der Waals surface area contributed by atoms with E-state index in [0.717, 1.165) is 17.7 Å². The van der Waals surface area contributed by atoms with Gasteiger partial charge in [-0.05, 0) is 54.3 Å². The van der Waals surface area contributed by atoms with E-state index in [1.54, 1.807) is 24.3 Å². The van der Waals surface area contributed by atoms with Crippen molar-refractivity contribution >= 4 is 23.3 Å². The normalized spacial score (nSPS) is 15.6. The van der Waals surface area contributed by atoms with E-state index >= 15 is 0 Å². The van der Waals surface area contributed by atoms with Crippen LogP contribution in [0.4, 0.5) is 5.69 Å². The maximum Gasteiger partial charge on any atom is 0.258 e. The van der Waals surface area contributed by atoms with Crippen molar-refractivity contribution in [1.82, 2.24) is 0 Å². The summed E-state index contributed by atoms with van der Waals surface area (Å²) in [5, 5.41) is 0. The standard InChI is InChI=1S/C19H13NO3/c21-17-9-10-18(22)20(17)16-7-5-13(6-8-16)19(23)15-4-2-12-1-3-14(12)11-15/h2,4-11H,1,3H2. The molecule has 2 amide bonds. The lowest BCUT2D eigenvalue weighted by Crippen LogP contribution is -2.29. The molecule has 0 radical (unpaired) electrons. The summed E-state index contributed by atoms with van der Waals surface area (Å²) < 4.78 is 0. The van der Waals surface area contributed by atoms with Gasteiger partial charge in [-0.3, -0.25) is 14.4 Å². The highest BCUT2D eigenvalue weighted by Crippen LogP contribution is 2.25. The first kappa shape index (κ1) is 13.6. The van der Waals surface area contributed by atoms with Gasteiger partial charge in [0.25, 0.3) is 11.8 Å².